The zero-order chi connectivity index (χ0) is 15.6. The lowest BCUT2D eigenvalue weighted by Gasteiger charge is -2.22. The van der Waals surface area contributed by atoms with Crippen LogP contribution in [0.25, 0.3) is 0 Å². The van der Waals surface area contributed by atoms with E-state index >= 15 is 0 Å². The van der Waals surface area contributed by atoms with Gasteiger partial charge < -0.3 is 5.32 Å². The highest BCUT2D eigenvalue weighted by molar-refractivity contribution is 9.10. The fraction of sp³-hybridized carbons (Fsp3) is 0.294. The van der Waals surface area contributed by atoms with Gasteiger partial charge in [-0.2, -0.15) is 0 Å². The van der Waals surface area contributed by atoms with E-state index in [1.54, 1.807) is 0 Å². The van der Waals surface area contributed by atoms with E-state index < -0.39 is 0 Å². The monoisotopic (exact) mass is 369 g/mol. The maximum absolute atomic E-state index is 14.3. The quantitative estimate of drug-likeness (QED) is 0.743. The average Bonchev–Trinajstić information content (AvgIpc) is 2.41. The lowest BCUT2D eigenvalue weighted by molar-refractivity contribution is 0.557. The van der Waals surface area contributed by atoms with Crippen molar-refractivity contribution in [2.45, 2.75) is 26.8 Å². The minimum atomic E-state index is -0.220. The summed E-state index contributed by atoms with van der Waals surface area (Å²) in [5.41, 5.74) is 3.75. The van der Waals surface area contributed by atoms with Crippen LogP contribution in [0, 0.1) is 19.7 Å². The lowest BCUT2D eigenvalue weighted by Crippen LogP contribution is -2.24. The molecule has 1 atom stereocenters. The first-order valence-electron chi connectivity index (χ1n) is 6.89. The Balaban J connectivity index is 2.55. The third kappa shape index (κ3) is 3.65. The van der Waals surface area contributed by atoms with Crippen LogP contribution in [0.4, 0.5) is 4.39 Å². The predicted molar refractivity (Wildman–Crippen MR) is 90.5 cm³/mol. The first kappa shape index (κ1) is 16.5. The Kier molecular flexibility index (Phi) is 5.42. The van der Waals surface area contributed by atoms with Gasteiger partial charge in [-0.3, -0.25) is 0 Å². The molecule has 2 aromatic rings. The van der Waals surface area contributed by atoms with E-state index in [-0.39, 0.29) is 11.9 Å². The van der Waals surface area contributed by atoms with Gasteiger partial charge in [0.2, 0.25) is 0 Å². The van der Waals surface area contributed by atoms with Crippen LogP contribution < -0.4 is 5.32 Å². The third-order valence-electron chi connectivity index (χ3n) is 3.54. The third-order valence-corrected chi connectivity index (χ3v) is 4.44. The molecule has 2 aromatic carbocycles. The highest BCUT2D eigenvalue weighted by Crippen LogP contribution is 2.31. The van der Waals surface area contributed by atoms with E-state index in [0.717, 1.165) is 32.7 Å². The Labute approximate surface area is 138 Å². The van der Waals surface area contributed by atoms with Gasteiger partial charge in [0, 0.05) is 15.1 Å². The summed E-state index contributed by atoms with van der Waals surface area (Å²) in [7, 11) is 0. The number of halogens is 3. The molecule has 0 heterocycles. The summed E-state index contributed by atoms with van der Waals surface area (Å²) in [4.78, 5) is 0. The molecule has 0 saturated heterocycles. The van der Waals surface area contributed by atoms with Gasteiger partial charge in [0.1, 0.15) is 5.82 Å². The van der Waals surface area contributed by atoms with E-state index in [9.17, 15) is 4.39 Å². The zero-order valence-corrected chi connectivity index (χ0v) is 14.6. The van der Waals surface area contributed by atoms with Gasteiger partial charge in [0.05, 0.1) is 6.04 Å². The van der Waals surface area contributed by atoms with Crippen LogP contribution in [0.2, 0.25) is 5.02 Å². The van der Waals surface area contributed by atoms with Gasteiger partial charge in [0.25, 0.3) is 0 Å². The molecule has 21 heavy (non-hydrogen) atoms. The molecule has 0 spiro atoms. The number of nitrogens with one attached hydrogen (secondary N) is 1. The number of hydrogen-bond donors (Lipinski definition) is 1. The van der Waals surface area contributed by atoms with Crippen LogP contribution in [-0.2, 0) is 0 Å². The Morgan fingerprint density at radius 1 is 1.14 bits per heavy atom. The first-order valence-corrected chi connectivity index (χ1v) is 8.06. The van der Waals surface area contributed by atoms with Gasteiger partial charge in [-0.15, -0.1) is 0 Å². The van der Waals surface area contributed by atoms with Gasteiger partial charge in [-0.25, -0.2) is 4.39 Å². The van der Waals surface area contributed by atoms with Crippen molar-refractivity contribution >= 4 is 27.5 Å². The van der Waals surface area contributed by atoms with Crippen LogP contribution in [0.1, 0.15) is 35.2 Å². The molecule has 112 valence electrons. The molecule has 0 aromatic heterocycles. The molecule has 2 rings (SSSR count). The first-order chi connectivity index (χ1) is 9.93. The van der Waals surface area contributed by atoms with Crippen molar-refractivity contribution in [1.29, 1.82) is 0 Å². The van der Waals surface area contributed by atoms with E-state index in [1.165, 1.54) is 6.07 Å². The van der Waals surface area contributed by atoms with E-state index in [0.29, 0.717) is 5.56 Å². The molecule has 1 unspecified atom stereocenters. The van der Waals surface area contributed by atoms with Gasteiger partial charge in [-0.1, -0.05) is 46.6 Å². The second-order valence-electron chi connectivity index (χ2n) is 5.11. The lowest BCUT2D eigenvalue weighted by atomic mass is 9.93. The number of rotatable bonds is 4. The maximum atomic E-state index is 14.3. The number of benzene rings is 2. The van der Waals surface area contributed by atoms with Gasteiger partial charge in [-0.05, 0) is 55.3 Å². The van der Waals surface area contributed by atoms with Crippen molar-refractivity contribution in [3.05, 3.63) is 67.9 Å². The summed E-state index contributed by atoms with van der Waals surface area (Å²) >= 11 is 9.46. The van der Waals surface area contributed by atoms with Crippen LogP contribution in [0.3, 0.4) is 0 Å². The number of aryl methyl sites for hydroxylation is 2. The molecule has 0 radical (unpaired) electrons. The Morgan fingerprint density at radius 2 is 1.86 bits per heavy atom. The highest BCUT2D eigenvalue weighted by atomic mass is 79.9. The molecule has 0 amide bonds. The van der Waals surface area contributed by atoms with E-state index in [1.807, 2.05) is 45.0 Å². The molecule has 0 saturated carbocycles. The second-order valence-corrected chi connectivity index (χ2v) is 6.44. The molecule has 1 N–H and O–H groups in total. The molecule has 0 aliphatic rings. The standard InChI is InChI=1S/C17H18BrClFN/c1-4-21-17(13-6-5-12(18)9-16(13)20)14-7-11(3)15(19)8-10(14)2/h5-9,17,21H,4H2,1-3H3. The van der Waals surface area contributed by atoms with Crippen LogP contribution in [-0.4, -0.2) is 6.54 Å². The fourth-order valence-electron chi connectivity index (χ4n) is 2.44. The summed E-state index contributed by atoms with van der Waals surface area (Å²) in [6.07, 6.45) is 0. The normalized spacial score (nSPS) is 12.5. The SMILES string of the molecule is CCNC(c1cc(C)c(Cl)cc1C)c1ccc(Br)cc1F. The molecule has 4 heteroatoms. The smallest absolute Gasteiger partial charge is 0.129 e. The van der Waals surface area contributed by atoms with Crippen LogP contribution in [0.5, 0.6) is 0 Å². The van der Waals surface area contributed by atoms with Crippen molar-refractivity contribution < 1.29 is 4.39 Å². The average molecular weight is 371 g/mol. The summed E-state index contributed by atoms with van der Waals surface area (Å²) in [6.45, 7) is 6.73. The molecule has 1 nitrogen and oxygen atoms in total. The van der Waals surface area contributed by atoms with Crippen LogP contribution >= 0.6 is 27.5 Å². The summed E-state index contributed by atoms with van der Waals surface area (Å²) in [6, 6.07) is 8.97. The minimum Gasteiger partial charge on any atom is -0.306 e. The topological polar surface area (TPSA) is 12.0 Å². The van der Waals surface area contributed by atoms with Crippen LogP contribution in [0.15, 0.2) is 34.8 Å². The van der Waals surface area contributed by atoms with Crippen molar-refractivity contribution in [2.75, 3.05) is 6.54 Å². The van der Waals surface area contributed by atoms with Crippen molar-refractivity contribution in [3.63, 3.8) is 0 Å². The van der Waals surface area contributed by atoms with Crippen molar-refractivity contribution in [2.24, 2.45) is 0 Å². The van der Waals surface area contributed by atoms with Crippen molar-refractivity contribution in [3.8, 4) is 0 Å². The molecule has 0 fully saturated rings. The molecular formula is C17H18BrClFN. The maximum Gasteiger partial charge on any atom is 0.129 e. The van der Waals surface area contributed by atoms with Gasteiger partial charge >= 0.3 is 0 Å². The zero-order valence-electron chi connectivity index (χ0n) is 12.3. The summed E-state index contributed by atoms with van der Waals surface area (Å²) < 4.78 is 15.1. The van der Waals surface area contributed by atoms with E-state index in [2.05, 4.69) is 21.2 Å². The molecule has 0 aliphatic heterocycles. The second kappa shape index (κ2) is 6.91. The fourth-order valence-corrected chi connectivity index (χ4v) is 2.99. The molecular weight excluding hydrogens is 353 g/mol. The summed E-state index contributed by atoms with van der Waals surface area (Å²) in [5, 5.41) is 4.10. The Morgan fingerprint density at radius 3 is 2.48 bits per heavy atom. The highest BCUT2D eigenvalue weighted by Gasteiger charge is 2.19. The number of hydrogen-bond acceptors (Lipinski definition) is 1. The minimum absolute atomic E-state index is 0.181. The molecule has 0 bridgehead atoms. The Bertz CT molecular complexity index is 657. The van der Waals surface area contributed by atoms with Gasteiger partial charge in [0.15, 0.2) is 0 Å². The Hall–Kier alpha value is -0.900. The summed E-state index contributed by atoms with van der Waals surface area (Å²) in [5.74, 6) is -0.220. The molecule has 0 aliphatic carbocycles. The largest absolute Gasteiger partial charge is 0.306 e. The predicted octanol–water partition coefficient (Wildman–Crippen LogP) is 5.56. The van der Waals surface area contributed by atoms with Crippen molar-refractivity contribution in [1.82, 2.24) is 5.32 Å². The van der Waals surface area contributed by atoms with E-state index in [4.69, 9.17) is 11.6 Å².